The topological polar surface area (TPSA) is 41.1 Å². The Morgan fingerprint density at radius 3 is 2.60 bits per heavy atom. The van der Waals surface area contributed by atoms with Gasteiger partial charge in [0, 0.05) is 6.07 Å². The fourth-order valence-electron chi connectivity index (χ4n) is 1.40. The van der Waals surface area contributed by atoms with Crippen molar-refractivity contribution in [1.82, 2.24) is 4.68 Å². The minimum Gasteiger partial charge on any atom is -0.596 e. The summed E-state index contributed by atoms with van der Waals surface area (Å²) in [5, 5.41) is 11.2. The van der Waals surface area contributed by atoms with E-state index < -0.39 is 0 Å². The molecule has 0 N–H and O–H groups in total. The normalized spacial score (nSPS) is 10.2. The molecule has 15 heavy (non-hydrogen) atoms. The van der Waals surface area contributed by atoms with Gasteiger partial charge < -0.3 is 9.94 Å². The van der Waals surface area contributed by atoms with Crippen LogP contribution in [0.15, 0.2) is 42.7 Å². The SMILES string of the molecule is COc1ccc(Cn2ccc[n+]2[O-])cc1. The van der Waals surface area contributed by atoms with Gasteiger partial charge in [-0.05, 0) is 17.7 Å². The molecule has 0 atom stereocenters. The first-order valence-corrected chi connectivity index (χ1v) is 4.67. The summed E-state index contributed by atoms with van der Waals surface area (Å²) in [7, 11) is 1.63. The van der Waals surface area contributed by atoms with Gasteiger partial charge in [-0.2, -0.15) is 0 Å². The van der Waals surface area contributed by atoms with E-state index >= 15 is 0 Å². The zero-order valence-corrected chi connectivity index (χ0v) is 8.46. The number of nitrogens with zero attached hydrogens (tertiary/aromatic N) is 2. The standard InChI is InChI=1S/C11H12N2O2/c1-15-11-5-3-10(4-6-11)9-12-7-2-8-13(12)14/h2-8H,9H2,1H3. The third-order valence-corrected chi connectivity index (χ3v) is 2.23. The minimum absolute atomic E-state index is 0.570. The van der Waals surface area contributed by atoms with Gasteiger partial charge in [-0.15, -0.1) is 4.68 Å². The Morgan fingerprint density at radius 2 is 2.07 bits per heavy atom. The molecule has 4 nitrogen and oxygen atoms in total. The molecule has 1 aromatic carbocycles. The average molecular weight is 204 g/mol. The van der Waals surface area contributed by atoms with Crippen molar-refractivity contribution in [1.29, 1.82) is 0 Å². The van der Waals surface area contributed by atoms with E-state index in [4.69, 9.17) is 4.74 Å². The third kappa shape index (κ3) is 2.10. The van der Waals surface area contributed by atoms with Crippen LogP contribution in [0.5, 0.6) is 5.75 Å². The van der Waals surface area contributed by atoms with E-state index in [1.807, 2.05) is 24.3 Å². The molecule has 0 unspecified atom stereocenters. The molecule has 78 valence electrons. The smallest absolute Gasteiger partial charge is 0.209 e. The van der Waals surface area contributed by atoms with Crippen molar-refractivity contribution >= 4 is 0 Å². The summed E-state index contributed by atoms with van der Waals surface area (Å²) < 4.78 is 6.64. The van der Waals surface area contributed by atoms with E-state index in [-0.39, 0.29) is 0 Å². The van der Waals surface area contributed by atoms with Gasteiger partial charge in [0.2, 0.25) is 6.20 Å². The van der Waals surface area contributed by atoms with Crippen molar-refractivity contribution < 1.29 is 9.58 Å². The Bertz CT molecular complexity index is 434. The summed E-state index contributed by atoms with van der Waals surface area (Å²) in [6.07, 6.45) is 3.22. The molecule has 4 heteroatoms. The van der Waals surface area contributed by atoms with Crippen molar-refractivity contribution in [3.8, 4) is 5.75 Å². The van der Waals surface area contributed by atoms with E-state index in [1.165, 1.54) is 6.20 Å². The van der Waals surface area contributed by atoms with Gasteiger partial charge in [-0.3, -0.25) is 0 Å². The zero-order valence-electron chi connectivity index (χ0n) is 8.46. The monoisotopic (exact) mass is 204 g/mol. The van der Waals surface area contributed by atoms with Crippen molar-refractivity contribution in [3.63, 3.8) is 0 Å². The molecule has 0 aliphatic carbocycles. The highest BCUT2D eigenvalue weighted by Gasteiger charge is 2.01. The number of methoxy groups -OCH3 is 1. The van der Waals surface area contributed by atoms with Crippen LogP contribution in [0, 0.1) is 5.21 Å². The quantitative estimate of drug-likeness (QED) is 0.556. The van der Waals surface area contributed by atoms with E-state index in [0.717, 1.165) is 16.2 Å². The number of benzene rings is 1. The van der Waals surface area contributed by atoms with Crippen LogP contribution in [0.25, 0.3) is 0 Å². The first-order chi connectivity index (χ1) is 7.29. The van der Waals surface area contributed by atoms with Crippen LogP contribution in [0.1, 0.15) is 5.56 Å². The van der Waals surface area contributed by atoms with E-state index in [2.05, 4.69) is 0 Å². The first-order valence-electron chi connectivity index (χ1n) is 4.67. The summed E-state index contributed by atoms with van der Waals surface area (Å²) >= 11 is 0. The lowest BCUT2D eigenvalue weighted by molar-refractivity contribution is -0.693. The predicted molar refractivity (Wildman–Crippen MR) is 55.5 cm³/mol. The Hall–Kier alpha value is -1.97. The second kappa shape index (κ2) is 4.04. The largest absolute Gasteiger partial charge is 0.596 e. The molecular weight excluding hydrogens is 192 g/mol. The molecule has 0 bridgehead atoms. The Kier molecular flexibility index (Phi) is 2.58. The van der Waals surface area contributed by atoms with Crippen LogP contribution in [0.4, 0.5) is 0 Å². The van der Waals surface area contributed by atoms with Gasteiger partial charge in [0.05, 0.1) is 13.3 Å². The van der Waals surface area contributed by atoms with E-state index in [9.17, 15) is 5.21 Å². The summed E-state index contributed by atoms with van der Waals surface area (Å²) in [4.78, 5) is 0.810. The lowest BCUT2D eigenvalue weighted by Crippen LogP contribution is -2.36. The summed E-state index contributed by atoms with van der Waals surface area (Å²) in [6.45, 7) is 0.570. The van der Waals surface area contributed by atoms with Gasteiger partial charge in [0.1, 0.15) is 12.3 Å². The molecule has 0 spiro atoms. The summed E-state index contributed by atoms with van der Waals surface area (Å²) in [5.74, 6) is 0.821. The Labute approximate surface area is 87.9 Å². The van der Waals surface area contributed by atoms with Crippen molar-refractivity contribution in [2.75, 3.05) is 7.11 Å². The number of hydrogen-bond acceptors (Lipinski definition) is 2. The second-order valence-electron chi connectivity index (χ2n) is 3.24. The van der Waals surface area contributed by atoms with E-state index in [1.54, 1.807) is 24.1 Å². The van der Waals surface area contributed by atoms with Gasteiger partial charge in [-0.25, -0.2) is 0 Å². The van der Waals surface area contributed by atoms with Gasteiger partial charge in [0.25, 0.3) is 0 Å². The predicted octanol–water partition coefficient (Wildman–Crippen LogP) is 1.18. The Morgan fingerprint density at radius 1 is 1.33 bits per heavy atom. The van der Waals surface area contributed by atoms with Crippen LogP contribution in [0.3, 0.4) is 0 Å². The van der Waals surface area contributed by atoms with Crippen LogP contribution < -0.4 is 9.58 Å². The maximum absolute atomic E-state index is 11.2. The van der Waals surface area contributed by atoms with Crippen molar-refractivity contribution in [2.24, 2.45) is 0 Å². The molecule has 1 aromatic heterocycles. The molecule has 0 aliphatic heterocycles. The zero-order chi connectivity index (χ0) is 10.7. The molecule has 1 heterocycles. The molecule has 0 fully saturated rings. The summed E-state index contributed by atoms with van der Waals surface area (Å²) in [5.41, 5.74) is 1.07. The van der Waals surface area contributed by atoms with Gasteiger partial charge in [-0.1, -0.05) is 17.0 Å². The van der Waals surface area contributed by atoms with E-state index in [0.29, 0.717) is 6.54 Å². The summed E-state index contributed by atoms with van der Waals surface area (Å²) in [6, 6.07) is 9.37. The van der Waals surface area contributed by atoms with Crippen LogP contribution in [-0.2, 0) is 6.54 Å². The highest BCUT2D eigenvalue weighted by molar-refractivity contribution is 5.27. The molecule has 2 rings (SSSR count). The van der Waals surface area contributed by atoms with Gasteiger partial charge >= 0.3 is 0 Å². The van der Waals surface area contributed by atoms with Crippen LogP contribution >= 0.6 is 0 Å². The van der Waals surface area contributed by atoms with Crippen molar-refractivity contribution in [2.45, 2.75) is 6.54 Å². The third-order valence-electron chi connectivity index (χ3n) is 2.23. The van der Waals surface area contributed by atoms with Gasteiger partial charge in [0.15, 0.2) is 0 Å². The molecule has 0 radical (unpaired) electrons. The molecule has 0 saturated carbocycles. The second-order valence-corrected chi connectivity index (χ2v) is 3.24. The lowest BCUT2D eigenvalue weighted by atomic mass is 10.2. The highest BCUT2D eigenvalue weighted by Crippen LogP contribution is 2.11. The number of hydrogen-bond donors (Lipinski definition) is 0. The molecule has 0 saturated heterocycles. The minimum atomic E-state index is 0.570. The highest BCUT2D eigenvalue weighted by atomic mass is 16.5. The molecular formula is C11H12N2O2. The lowest BCUT2D eigenvalue weighted by Gasteiger charge is -2.04. The number of rotatable bonds is 3. The first kappa shape index (κ1) is 9.58. The molecule has 0 amide bonds. The fourth-order valence-corrected chi connectivity index (χ4v) is 1.40. The van der Waals surface area contributed by atoms with Crippen molar-refractivity contribution in [3.05, 3.63) is 53.5 Å². The maximum Gasteiger partial charge on any atom is 0.209 e. The Balaban J connectivity index is 2.14. The van der Waals surface area contributed by atoms with Crippen LogP contribution in [0.2, 0.25) is 0 Å². The fraction of sp³-hybridized carbons (Fsp3) is 0.182. The maximum atomic E-state index is 11.2. The number of ether oxygens (including phenoxy) is 1. The number of aromatic nitrogens is 2. The molecule has 2 aromatic rings. The average Bonchev–Trinajstić information content (AvgIpc) is 2.66. The molecule has 0 aliphatic rings. The van der Waals surface area contributed by atoms with Crippen LogP contribution in [-0.4, -0.2) is 11.8 Å².